The minimum Gasteiger partial charge on any atom is -0.267 e. The van der Waals surface area contributed by atoms with Crippen LogP contribution in [0.25, 0.3) is 0 Å². The topological polar surface area (TPSA) is 101 Å². The number of carbonyl (C=O) groups is 2. The highest BCUT2D eigenvalue weighted by molar-refractivity contribution is 9.10. The van der Waals surface area contributed by atoms with E-state index >= 15 is 0 Å². The first-order valence-corrected chi connectivity index (χ1v) is 7.29. The highest BCUT2D eigenvalue weighted by Crippen LogP contribution is 2.20. The Hall–Kier alpha value is -2.74. The first-order chi connectivity index (χ1) is 10.9. The fourth-order valence-electron chi connectivity index (χ4n) is 1.92. The molecule has 0 saturated carbocycles. The molecule has 2 N–H and O–H groups in total. The first-order valence-electron chi connectivity index (χ1n) is 6.50. The van der Waals surface area contributed by atoms with Crippen LogP contribution in [0, 0.1) is 17.0 Å². The molecule has 0 aromatic heterocycles. The number of hydrazine groups is 1. The van der Waals surface area contributed by atoms with Crippen LogP contribution in [0.1, 0.15) is 26.3 Å². The summed E-state index contributed by atoms with van der Waals surface area (Å²) in [4.78, 5) is 34.3. The van der Waals surface area contributed by atoms with Crippen molar-refractivity contribution in [3.8, 4) is 0 Å². The minimum atomic E-state index is -0.628. The van der Waals surface area contributed by atoms with Gasteiger partial charge in [0.15, 0.2) is 0 Å². The van der Waals surface area contributed by atoms with E-state index in [1.54, 1.807) is 24.3 Å². The molecule has 0 aliphatic carbocycles. The van der Waals surface area contributed by atoms with Crippen LogP contribution >= 0.6 is 15.9 Å². The maximum atomic E-state index is 12.1. The van der Waals surface area contributed by atoms with E-state index in [-0.39, 0.29) is 16.8 Å². The SMILES string of the molecule is Cc1c(C(=O)NNC(=O)c2ccc(Br)cc2)cccc1[N+](=O)[O-]. The Bertz CT molecular complexity index is 775. The van der Waals surface area contributed by atoms with Gasteiger partial charge in [-0.05, 0) is 37.3 Å². The van der Waals surface area contributed by atoms with Crippen molar-refractivity contribution in [1.29, 1.82) is 0 Å². The van der Waals surface area contributed by atoms with Crippen molar-refractivity contribution in [2.24, 2.45) is 0 Å². The normalized spacial score (nSPS) is 10.0. The maximum Gasteiger partial charge on any atom is 0.273 e. The van der Waals surface area contributed by atoms with Gasteiger partial charge in [0.2, 0.25) is 0 Å². The lowest BCUT2D eigenvalue weighted by molar-refractivity contribution is -0.385. The van der Waals surface area contributed by atoms with E-state index in [0.717, 1.165) is 4.47 Å². The van der Waals surface area contributed by atoms with Gasteiger partial charge in [-0.15, -0.1) is 0 Å². The van der Waals surface area contributed by atoms with Gasteiger partial charge >= 0.3 is 0 Å². The molecule has 0 fully saturated rings. The minimum absolute atomic E-state index is 0.121. The van der Waals surface area contributed by atoms with Crippen molar-refractivity contribution >= 4 is 33.4 Å². The van der Waals surface area contributed by atoms with E-state index in [1.165, 1.54) is 25.1 Å². The molecule has 2 aromatic rings. The van der Waals surface area contributed by atoms with Gasteiger partial charge in [-0.2, -0.15) is 0 Å². The quantitative estimate of drug-likeness (QED) is 0.633. The monoisotopic (exact) mass is 377 g/mol. The highest BCUT2D eigenvalue weighted by Gasteiger charge is 2.18. The zero-order valence-electron chi connectivity index (χ0n) is 12.0. The number of nitrogens with zero attached hydrogens (tertiary/aromatic N) is 1. The van der Waals surface area contributed by atoms with Crippen LogP contribution in [0.2, 0.25) is 0 Å². The smallest absolute Gasteiger partial charge is 0.267 e. The number of carbonyl (C=O) groups excluding carboxylic acids is 2. The van der Waals surface area contributed by atoms with Crippen molar-refractivity contribution in [2.75, 3.05) is 0 Å². The summed E-state index contributed by atoms with van der Waals surface area (Å²) in [5.41, 5.74) is 5.07. The third-order valence-electron chi connectivity index (χ3n) is 3.14. The fraction of sp³-hybridized carbons (Fsp3) is 0.0667. The number of halogens is 1. The number of hydrogen-bond acceptors (Lipinski definition) is 4. The summed E-state index contributed by atoms with van der Waals surface area (Å²) in [7, 11) is 0. The first kappa shape index (κ1) is 16.6. The third kappa shape index (κ3) is 3.92. The Morgan fingerprint density at radius 1 is 1.04 bits per heavy atom. The molecule has 2 amide bonds. The molecule has 0 bridgehead atoms. The average molecular weight is 378 g/mol. The average Bonchev–Trinajstić information content (AvgIpc) is 2.53. The predicted octanol–water partition coefficient (Wildman–Crippen LogP) is 2.74. The van der Waals surface area contributed by atoms with E-state index in [2.05, 4.69) is 26.8 Å². The molecule has 23 heavy (non-hydrogen) atoms. The number of amides is 2. The molecule has 2 aromatic carbocycles. The van der Waals surface area contributed by atoms with Gasteiger partial charge in [0.1, 0.15) is 0 Å². The summed E-state index contributed by atoms with van der Waals surface area (Å²) in [6.45, 7) is 1.48. The summed E-state index contributed by atoms with van der Waals surface area (Å²) in [6.07, 6.45) is 0. The van der Waals surface area contributed by atoms with Crippen LogP contribution in [0.5, 0.6) is 0 Å². The molecular formula is C15H12BrN3O4. The molecule has 0 heterocycles. The lowest BCUT2D eigenvalue weighted by Gasteiger charge is -2.09. The molecule has 0 saturated heterocycles. The molecule has 0 spiro atoms. The molecule has 7 nitrogen and oxygen atoms in total. The standard InChI is InChI=1S/C15H12BrN3O4/c1-9-12(3-2-4-13(9)19(22)23)15(21)18-17-14(20)10-5-7-11(16)8-6-10/h2-8H,1H3,(H,17,20)(H,18,21). The zero-order chi connectivity index (χ0) is 17.0. The highest BCUT2D eigenvalue weighted by atomic mass is 79.9. The van der Waals surface area contributed by atoms with E-state index in [9.17, 15) is 19.7 Å². The van der Waals surface area contributed by atoms with Crippen molar-refractivity contribution < 1.29 is 14.5 Å². The number of benzene rings is 2. The van der Waals surface area contributed by atoms with Crippen LogP contribution in [-0.4, -0.2) is 16.7 Å². The molecule has 0 radical (unpaired) electrons. The third-order valence-corrected chi connectivity index (χ3v) is 3.67. The van der Waals surface area contributed by atoms with Gasteiger partial charge in [-0.1, -0.05) is 22.0 Å². The maximum absolute atomic E-state index is 12.1. The number of nitro groups is 1. The van der Waals surface area contributed by atoms with E-state index in [4.69, 9.17) is 0 Å². The Morgan fingerprint density at radius 2 is 1.65 bits per heavy atom. The van der Waals surface area contributed by atoms with Gasteiger partial charge in [0, 0.05) is 21.7 Å². The molecule has 2 rings (SSSR count). The lowest BCUT2D eigenvalue weighted by atomic mass is 10.1. The van der Waals surface area contributed by atoms with E-state index in [1.807, 2.05) is 0 Å². The van der Waals surface area contributed by atoms with Crippen molar-refractivity contribution in [2.45, 2.75) is 6.92 Å². The van der Waals surface area contributed by atoms with Gasteiger partial charge in [0.25, 0.3) is 17.5 Å². The Kier molecular flexibility index (Phi) is 5.07. The van der Waals surface area contributed by atoms with Gasteiger partial charge < -0.3 is 0 Å². The second-order valence-corrected chi connectivity index (χ2v) is 5.54. The Balaban J connectivity index is 2.08. The van der Waals surface area contributed by atoms with E-state index in [0.29, 0.717) is 5.56 Å². The summed E-state index contributed by atoms with van der Waals surface area (Å²) in [6, 6.07) is 10.7. The summed E-state index contributed by atoms with van der Waals surface area (Å²) >= 11 is 3.26. The molecule has 8 heteroatoms. The molecule has 0 aliphatic heterocycles. The molecular weight excluding hydrogens is 366 g/mol. The van der Waals surface area contributed by atoms with Crippen molar-refractivity contribution in [3.05, 3.63) is 73.7 Å². The molecule has 0 aliphatic rings. The molecule has 118 valence electrons. The molecule has 0 unspecified atom stereocenters. The number of nitrogens with one attached hydrogen (secondary N) is 2. The number of hydrogen-bond donors (Lipinski definition) is 2. The predicted molar refractivity (Wildman–Crippen MR) is 86.9 cm³/mol. The molecule has 0 atom stereocenters. The lowest BCUT2D eigenvalue weighted by Crippen LogP contribution is -2.41. The van der Waals surface area contributed by atoms with Gasteiger partial charge in [-0.3, -0.25) is 30.6 Å². The van der Waals surface area contributed by atoms with Crippen LogP contribution in [0.3, 0.4) is 0 Å². The van der Waals surface area contributed by atoms with Gasteiger partial charge in [-0.25, -0.2) is 0 Å². The fourth-order valence-corrected chi connectivity index (χ4v) is 2.19. The van der Waals surface area contributed by atoms with Gasteiger partial charge in [0.05, 0.1) is 10.5 Å². The van der Waals surface area contributed by atoms with Crippen LogP contribution < -0.4 is 10.9 Å². The summed E-state index contributed by atoms with van der Waals surface area (Å²) in [5.74, 6) is -1.12. The van der Waals surface area contributed by atoms with Crippen LogP contribution in [-0.2, 0) is 0 Å². The Morgan fingerprint density at radius 3 is 2.26 bits per heavy atom. The van der Waals surface area contributed by atoms with Crippen LogP contribution in [0.4, 0.5) is 5.69 Å². The van der Waals surface area contributed by atoms with Crippen molar-refractivity contribution in [3.63, 3.8) is 0 Å². The van der Waals surface area contributed by atoms with Crippen LogP contribution in [0.15, 0.2) is 46.9 Å². The zero-order valence-corrected chi connectivity index (χ0v) is 13.6. The van der Waals surface area contributed by atoms with Crippen molar-refractivity contribution in [1.82, 2.24) is 10.9 Å². The van der Waals surface area contributed by atoms with E-state index < -0.39 is 16.7 Å². The second-order valence-electron chi connectivity index (χ2n) is 4.62. The largest absolute Gasteiger partial charge is 0.273 e. The summed E-state index contributed by atoms with van der Waals surface area (Å²) < 4.78 is 0.824. The second kappa shape index (κ2) is 7.01. The summed E-state index contributed by atoms with van der Waals surface area (Å²) in [5, 5.41) is 10.9. The number of nitro benzene ring substituents is 1. The number of rotatable bonds is 3. The Labute approximate surface area is 139 Å².